The summed E-state index contributed by atoms with van der Waals surface area (Å²) in [7, 11) is 1.37. The molecule has 1 amide bonds. The smallest absolute Gasteiger partial charge is 0.341 e. The molecule has 0 bridgehead atoms. The number of aryl methyl sites for hydroxylation is 1. The predicted octanol–water partition coefficient (Wildman–Crippen LogP) is 5.71. The van der Waals surface area contributed by atoms with Gasteiger partial charge in [0.1, 0.15) is 10.8 Å². The Bertz CT molecular complexity index is 908. The van der Waals surface area contributed by atoms with Gasteiger partial charge in [-0.1, -0.05) is 19.9 Å². The molecule has 7 heteroatoms. The van der Waals surface area contributed by atoms with Gasteiger partial charge in [0.25, 0.3) is 5.91 Å². The maximum atomic E-state index is 12.5. The third-order valence-corrected chi connectivity index (χ3v) is 7.14. The molecule has 0 saturated carbocycles. The summed E-state index contributed by atoms with van der Waals surface area (Å²) in [5, 5.41) is 3.41. The molecule has 0 saturated heterocycles. The summed E-state index contributed by atoms with van der Waals surface area (Å²) in [6, 6.07) is 5.93. The molecule has 1 aromatic heterocycles. The number of hydrogen-bond donors (Lipinski definition) is 1. The van der Waals surface area contributed by atoms with E-state index in [1.54, 1.807) is 0 Å². The molecule has 0 radical (unpaired) electrons. The SMILES string of the molecule is CCC(C)c1ccc(OCC(=O)Nc2sc3c(c2C(=O)OC)CCCC3)c(Br)c1. The Morgan fingerprint density at radius 2 is 2.03 bits per heavy atom. The van der Waals surface area contributed by atoms with Gasteiger partial charge in [-0.15, -0.1) is 11.3 Å². The number of halogens is 1. The van der Waals surface area contributed by atoms with E-state index in [0.717, 1.165) is 47.0 Å². The Hall–Kier alpha value is -1.86. The number of fused-ring (bicyclic) bond motifs is 1. The topological polar surface area (TPSA) is 64.6 Å². The van der Waals surface area contributed by atoms with E-state index >= 15 is 0 Å². The number of esters is 1. The van der Waals surface area contributed by atoms with Gasteiger partial charge in [-0.3, -0.25) is 4.79 Å². The Balaban J connectivity index is 1.69. The van der Waals surface area contributed by atoms with Crippen molar-refractivity contribution in [3.05, 3.63) is 44.2 Å². The summed E-state index contributed by atoms with van der Waals surface area (Å²) in [4.78, 5) is 25.9. The Morgan fingerprint density at radius 3 is 2.72 bits per heavy atom. The normalized spacial score (nSPS) is 14.1. The summed E-state index contributed by atoms with van der Waals surface area (Å²) >= 11 is 4.99. The number of benzene rings is 1. The molecule has 1 atom stereocenters. The van der Waals surface area contributed by atoms with Gasteiger partial charge < -0.3 is 14.8 Å². The van der Waals surface area contributed by atoms with Crippen molar-refractivity contribution in [2.24, 2.45) is 0 Å². The van der Waals surface area contributed by atoms with E-state index in [1.165, 1.54) is 24.0 Å². The summed E-state index contributed by atoms with van der Waals surface area (Å²) in [5.74, 6) is 0.381. The van der Waals surface area contributed by atoms with E-state index in [-0.39, 0.29) is 12.5 Å². The van der Waals surface area contributed by atoms with Crippen LogP contribution in [0.2, 0.25) is 0 Å². The average Bonchev–Trinajstić information content (AvgIpc) is 3.09. The van der Waals surface area contributed by atoms with E-state index < -0.39 is 5.97 Å². The number of nitrogens with one attached hydrogen (secondary N) is 1. The number of ether oxygens (including phenoxy) is 2. The third-order valence-electron chi connectivity index (χ3n) is 5.31. The van der Waals surface area contributed by atoms with E-state index in [4.69, 9.17) is 9.47 Å². The minimum Gasteiger partial charge on any atom is -0.483 e. The van der Waals surface area contributed by atoms with Gasteiger partial charge in [0, 0.05) is 4.88 Å². The number of methoxy groups -OCH3 is 1. The molecule has 3 rings (SSSR count). The van der Waals surface area contributed by atoms with E-state index in [0.29, 0.717) is 22.2 Å². The second-order valence-corrected chi connectivity index (χ2v) is 9.20. The molecule has 0 aliphatic heterocycles. The fourth-order valence-corrected chi connectivity index (χ4v) is 5.26. The summed E-state index contributed by atoms with van der Waals surface area (Å²) in [5.41, 5.74) is 2.75. The lowest BCUT2D eigenvalue weighted by atomic mass is 9.95. The number of thiophene rings is 1. The molecule has 1 aliphatic carbocycles. The van der Waals surface area contributed by atoms with Gasteiger partial charge >= 0.3 is 5.97 Å². The first kappa shape index (κ1) is 21.8. The van der Waals surface area contributed by atoms with Crippen molar-refractivity contribution in [1.29, 1.82) is 0 Å². The highest BCUT2D eigenvalue weighted by molar-refractivity contribution is 9.10. The lowest BCUT2D eigenvalue weighted by Crippen LogP contribution is -2.21. The molecular formula is C22H26BrNO4S. The van der Waals surface area contributed by atoms with Crippen LogP contribution in [0.3, 0.4) is 0 Å². The van der Waals surface area contributed by atoms with Gasteiger partial charge in [-0.25, -0.2) is 4.79 Å². The first-order valence-corrected chi connectivity index (χ1v) is 11.5. The Morgan fingerprint density at radius 1 is 1.28 bits per heavy atom. The predicted molar refractivity (Wildman–Crippen MR) is 119 cm³/mol. The highest BCUT2D eigenvalue weighted by Crippen LogP contribution is 2.38. The first-order valence-electron chi connectivity index (χ1n) is 9.89. The molecule has 1 aliphatic rings. The zero-order valence-corrected chi connectivity index (χ0v) is 19.4. The Labute approximate surface area is 183 Å². The van der Waals surface area contributed by atoms with Crippen molar-refractivity contribution in [2.45, 2.75) is 51.9 Å². The Kier molecular flexibility index (Phi) is 7.35. The molecule has 156 valence electrons. The highest BCUT2D eigenvalue weighted by atomic mass is 79.9. The summed E-state index contributed by atoms with van der Waals surface area (Å²) in [6.07, 6.45) is 4.99. The maximum Gasteiger partial charge on any atom is 0.341 e. The number of anilines is 1. The van der Waals surface area contributed by atoms with Gasteiger partial charge in [0.05, 0.1) is 17.1 Å². The molecule has 5 nitrogen and oxygen atoms in total. The molecule has 1 heterocycles. The number of carbonyl (C=O) groups excluding carboxylic acids is 2. The molecule has 1 N–H and O–H groups in total. The van der Waals surface area contributed by atoms with Gasteiger partial charge in [-0.2, -0.15) is 0 Å². The second-order valence-electron chi connectivity index (χ2n) is 7.24. The molecule has 0 spiro atoms. The maximum absolute atomic E-state index is 12.5. The van der Waals surface area contributed by atoms with Crippen molar-refractivity contribution >= 4 is 44.1 Å². The van der Waals surface area contributed by atoms with Crippen molar-refractivity contribution in [2.75, 3.05) is 19.0 Å². The van der Waals surface area contributed by atoms with Crippen LogP contribution >= 0.6 is 27.3 Å². The van der Waals surface area contributed by atoms with Crippen LogP contribution in [0.15, 0.2) is 22.7 Å². The minimum atomic E-state index is -0.399. The number of rotatable bonds is 7. The van der Waals surface area contributed by atoms with Crippen LogP contribution in [-0.2, 0) is 22.4 Å². The van der Waals surface area contributed by atoms with Crippen LogP contribution in [0, 0.1) is 0 Å². The average molecular weight is 480 g/mol. The lowest BCUT2D eigenvalue weighted by molar-refractivity contribution is -0.118. The van der Waals surface area contributed by atoms with Gasteiger partial charge in [0.15, 0.2) is 6.61 Å². The second kappa shape index (κ2) is 9.76. The molecule has 0 fully saturated rings. The summed E-state index contributed by atoms with van der Waals surface area (Å²) < 4.78 is 11.5. The molecule has 2 aromatic rings. The molecule has 1 unspecified atom stereocenters. The summed E-state index contributed by atoms with van der Waals surface area (Å²) in [6.45, 7) is 4.19. The van der Waals surface area contributed by atoms with Crippen LogP contribution < -0.4 is 10.1 Å². The van der Waals surface area contributed by atoms with Crippen molar-refractivity contribution in [3.63, 3.8) is 0 Å². The van der Waals surface area contributed by atoms with Crippen LogP contribution in [0.25, 0.3) is 0 Å². The number of hydrogen-bond acceptors (Lipinski definition) is 5. The van der Waals surface area contributed by atoms with Crippen molar-refractivity contribution < 1.29 is 19.1 Å². The third kappa shape index (κ3) is 5.01. The van der Waals surface area contributed by atoms with Crippen LogP contribution in [0.4, 0.5) is 5.00 Å². The molecule has 29 heavy (non-hydrogen) atoms. The molecular weight excluding hydrogens is 454 g/mol. The quantitative estimate of drug-likeness (QED) is 0.516. The fraction of sp³-hybridized carbons (Fsp3) is 0.455. The standard InChI is InChI=1S/C22H26BrNO4S/c1-4-13(2)14-9-10-17(16(23)11-14)28-12-19(25)24-21-20(22(26)27-3)15-7-5-6-8-18(15)29-21/h9-11,13H,4-8,12H2,1-3H3,(H,24,25). The minimum absolute atomic E-state index is 0.134. The fourth-order valence-electron chi connectivity index (χ4n) is 3.45. The zero-order valence-electron chi connectivity index (χ0n) is 17.0. The first-order chi connectivity index (χ1) is 13.9. The van der Waals surface area contributed by atoms with Gasteiger partial charge in [0.2, 0.25) is 0 Å². The molecule has 1 aromatic carbocycles. The largest absolute Gasteiger partial charge is 0.483 e. The van der Waals surface area contributed by atoms with Crippen LogP contribution in [0.1, 0.15) is 65.4 Å². The highest BCUT2D eigenvalue weighted by Gasteiger charge is 2.27. The van der Waals surface area contributed by atoms with Crippen LogP contribution in [0.5, 0.6) is 5.75 Å². The number of amides is 1. The van der Waals surface area contributed by atoms with Crippen molar-refractivity contribution in [1.82, 2.24) is 0 Å². The van der Waals surface area contributed by atoms with E-state index in [2.05, 4.69) is 35.1 Å². The monoisotopic (exact) mass is 479 g/mol. The van der Waals surface area contributed by atoms with E-state index in [9.17, 15) is 9.59 Å². The van der Waals surface area contributed by atoms with E-state index in [1.807, 2.05) is 18.2 Å². The van der Waals surface area contributed by atoms with Crippen LogP contribution in [-0.4, -0.2) is 25.6 Å². The number of carbonyl (C=O) groups is 2. The van der Waals surface area contributed by atoms with Gasteiger partial charge in [-0.05, 0) is 77.2 Å². The van der Waals surface area contributed by atoms with Crippen molar-refractivity contribution in [3.8, 4) is 5.75 Å². The lowest BCUT2D eigenvalue weighted by Gasteiger charge is -2.13. The zero-order chi connectivity index (χ0) is 21.0.